The summed E-state index contributed by atoms with van der Waals surface area (Å²) in [4.78, 5) is 54.3. The van der Waals surface area contributed by atoms with E-state index in [0.29, 0.717) is 35.7 Å². The van der Waals surface area contributed by atoms with E-state index in [0.717, 1.165) is 25.7 Å². The topological polar surface area (TPSA) is 117 Å². The summed E-state index contributed by atoms with van der Waals surface area (Å²) in [6, 6.07) is 13.4. The highest BCUT2D eigenvalue weighted by atomic mass is 16.5. The standard InChI is InChI=1S/2C20H28N2O3/c2*1-14(2)18-19(23)21-13-9-5-6-10-15(3)25-17-12-8-7-11-16(17)20(24)22(18)4/h2*5-8,11-12,14-15,18H,9-10,13H2,1-4H3,(H,21,23)/b6-5+;6-5-/t2*15-,18-/m11/s1. The molecule has 4 atom stereocenters. The van der Waals surface area contributed by atoms with Gasteiger partial charge in [-0.25, -0.2) is 0 Å². The molecule has 4 amide bonds. The van der Waals surface area contributed by atoms with Gasteiger partial charge < -0.3 is 29.9 Å². The molecule has 0 unspecified atom stereocenters. The van der Waals surface area contributed by atoms with E-state index in [4.69, 9.17) is 9.47 Å². The molecular formula is C40H56N4O6. The summed E-state index contributed by atoms with van der Waals surface area (Å²) in [5, 5.41) is 5.88. The third-order valence-corrected chi connectivity index (χ3v) is 8.66. The van der Waals surface area contributed by atoms with Crippen molar-refractivity contribution in [2.45, 2.75) is 91.5 Å². The second-order valence-electron chi connectivity index (χ2n) is 13.6. The lowest BCUT2D eigenvalue weighted by Crippen LogP contribution is -2.50. The van der Waals surface area contributed by atoms with Crippen molar-refractivity contribution in [1.29, 1.82) is 0 Å². The minimum absolute atomic E-state index is 0.00408. The number of carbonyl (C=O) groups excluding carboxylic acids is 4. The maximum atomic E-state index is 13.0. The van der Waals surface area contributed by atoms with Crippen molar-refractivity contribution >= 4 is 23.6 Å². The number of nitrogens with one attached hydrogen (secondary N) is 2. The molecule has 2 heterocycles. The molecule has 0 bridgehead atoms. The Kier molecular flexibility index (Phi) is 15.6. The molecule has 0 saturated heterocycles. The molecule has 2 aliphatic heterocycles. The number of carbonyl (C=O) groups is 4. The van der Waals surface area contributed by atoms with Crippen molar-refractivity contribution < 1.29 is 28.7 Å². The first-order chi connectivity index (χ1) is 23.8. The minimum Gasteiger partial charge on any atom is -0.490 e. The van der Waals surface area contributed by atoms with Crippen LogP contribution >= 0.6 is 0 Å². The second-order valence-corrected chi connectivity index (χ2v) is 13.6. The van der Waals surface area contributed by atoms with Crippen LogP contribution in [0.5, 0.6) is 11.5 Å². The van der Waals surface area contributed by atoms with Crippen molar-refractivity contribution in [3.05, 3.63) is 84.0 Å². The summed E-state index contributed by atoms with van der Waals surface area (Å²) in [6.07, 6.45) is 11.2. The number of para-hydroxylation sites is 2. The van der Waals surface area contributed by atoms with Gasteiger partial charge in [-0.15, -0.1) is 0 Å². The van der Waals surface area contributed by atoms with E-state index in [1.54, 1.807) is 38.4 Å². The molecule has 0 saturated carbocycles. The third-order valence-electron chi connectivity index (χ3n) is 8.66. The van der Waals surface area contributed by atoms with Crippen LogP contribution in [0.15, 0.2) is 72.8 Å². The van der Waals surface area contributed by atoms with E-state index in [9.17, 15) is 19.2 Å². The SMILES string of the molecule is CC(C)[C@@H]1C(=O)NCC/C=C/C[C@@H](C)Oc2ccccc2C(=O)N1C.CC(C)[C@@H]1C(=O)NCC/C=C\C[C@@H](C)Oc2ccccc2C(=O)N1C. The molecule has 0 spiro atoms. The fraction of sp³-hybridized carbons (Fsp3) is 0.500. The van der Waals surface area contributed by atoms with E-state index in [1.807, 2.05) is 65.8 Å². The van der Waals surface area contributed by atoms with Gasteiger partial charge >= 0.3 is 0 Å². The Labute approximate surface area is 298 Å². The molecule has 0 aliphatic carbocycles. The molecule has 4 rings (SSSR count). The largest absolute Gasteiger partial charge is 0.490 e. The van der Waals surface area contributed by atoms with Gasteiger partial charge in [-0.1, -0.05) is 76.3 Å². The zero-order valence-electron chi connectivity index (χ0n) is 31.0. The molecule has 2 aromatic rings. The lowest BCUT2D eigenvalue weighted by molar-refractivity contribution is -0.127. The molecule has 0 aromatic heterocycles. The fourth-order valence-corrected chi connectivity index (χ4v) is 6.08. The molecular weight excluding hydrogens is 632 g/mol. The van der Waals surface area contributed by atoms with E-state index < -0.39 is 12.1 Å². The van der Waals surface area contributed by atoms with Crippen molar-refractivity contribution in [3.8, 4) is 11.5 Å². The molecule has 10 nitrogen and oxygen atoms in total. The van der Waals surface area contributed by atoms with Gasteiger partial charge in [-0.3, -0.25) is 19.2 Å². The Hall–Kier alpha value is -4.60. The summed E-state index contributed by atoms with van der Waals surface area (Å²) >= 11 is 0. The molecule has 272 valence electrons. The molecule has 50 heavy (non-hydrogen) atoms. The number of hydrogen-bond acceptors (Lipinski definition) is 6. The summed E-state index contributed by atoms with van der Waals surface area (Å²) in [5.41, 5.74) is 0.965. The van der Waals surface area contributed by atoms with Crippen LogP contribution in [0, 0.1) is 11.8 Å². The first-order valence-corrected chi connectivity index (χ1v) is 17.7. The Bertz CT molecular complexity index is 1390. The van der Waals surface area contributed by atoms with Crippen LogP contribution in [0.4, 0.5) is 0 Å². The van der Waals surface area contributed by atoms with Gasteiger partial charge in [0.2, 0.25) is 11.8 Å². The summed E-state index contributed by atoms with van der Waals surface area (Å²) in [5.74, 6) is 0.467. The molecule has 2 aliphatic rings. The minimum atomic E-state index is -0.523. The van der Waals surface area contributed by atoms with Crippen molar-refractivity contribution in [2.75, 3.05) is 27.2 Å². The average Bonchev–Trinajstić information content (AvgIpc) is 3.07. The number of ether oxygens (including phenoxy) is 2. The first-order valence-electron chi connectivity index (χ1n) is 17.7. The van der Waals surface area contributed by atoms with Gasteiger partial charge in [0.05, 0.1) is 23.3 Å². The van der Waals surface area contributed by atoms with Gasteiger partial charge in [0.25, 0.3) is 11.8 Å². The number of nitrogens with zero attached hydrogens (tertiary/aromatic N) is 2. The molecule has 0 fully saturated rings. The van der Waals surface area contributed by atoms with Gasteiger partial charge in [0.1, 0.15) is 23.6 Å². The van der Waals surface area contributed by atoms with Crippen molar-refractivity contribution in [1.82, 2.24) is 20.4 Å². The van der Waals surface area contributed by atoms with E-state index in [1.165, 1.54) is 9.80 Å². The number of amides is 4. The predicted molar refractivity (Wildman–Crippen MR) is 197 cm³/mol. The molecule has 10 heteroatoms. The third kappa shape index (κ3) is 11.2. The number of likely N-dealkylation sites (N-methyl/N-ethyl adjacent to an activating group) is 2. The van der Waals surface area contributed by atoms with E-state index in [-0.39, 0.29) is 47.7 Å². The lowest BCUT2D eigenvalue weighted by Gasteiger charge is -2.31. The van der Waals surface area contributed by atoms with Crippen LogP contribution in [0.3, 0.4) is 0 Å². The fourth-order valence-electron chi connectivity index (χ4n) is 6.08. The number of rotatable bonds is 2. The quantitative estimate of drug-likeness (QED) is 0.372. The van der Waals surface area contributed by atoms with Crippen LogP contribution in [-0.2, 0) is 9.59 Å². The zero-order chi connectivity index (χ0) is 36.8. The highest BCUT2D eigenvalue weighted by Gasteiger charge is 2.33. The Morgan fingerprint density at radius 3 is 1.32 bits per heavy atom. The number of fused-ring (bicyclic) bond motifs is 2. The first kappa shape index (κ1) is 39.8. The van der Waals surface area contributed by atoms with Gasteiger partial charge in [-0.2, -0.15) is 0 Å². The summed E-state index contributed by atoms with van der Waals surface area (Å²) < 4.78 is 12.0. The van der Waals surface area contributed by atoms with Crippen LogP contribution in [0.2, 0.25) is 0 Å². The second kappa shape index (κ2) is 19.6. The van der Waals surface area contributed by atoms with Gasteiger partial charge in [0.15, 0.2) is 0 Å². The van der Waals surface area contributed by atoms with Crippen LogP contribution in [-0.4, -0.2) is 84.9 Å². The van der Waals surface area contributed by atoms with Crippen molar-refractivity contribution in [3.63, 3.8) is 0 Å². The van der Waals surface area contributed by atoms with Crippen LogP contribution in [0.25, 0.3) is 0 Å². The average molecular weight is 689 g/mol. The Morgan fingerprint density at radius 2 is 0.960 bits per heavy atom. The normalized spacial score (nSPS) is 24.1. The van der Waals surface area contributed by atoms with Crippen molar-refractivity contribution in [2.24, 2.45) is 11.8 Å². The maximum Gasteiger partial charge on any atom is 0.258 e. The van der Waals surface area contributed by atoms with Gasteiger partial charge in [0, 0.05) is 40.0 Å². The van der Waals surface area contributed by atoms with Crippen LogP contribution in [0.1, 0.15) is 87.9 Å². The van der Waals surface area contributed by atoms with Crippen LogP contribution < -0.4 is 20.1 Å². The monoisotopic (exact) mass is 688 g/mol. The zero-order valence-corrected chi connectivity index (χ0v) is 31.0. The molecule has 0 radical (unpaired) electrons. The number of benzene rings is 2. The number of hydrogen-bond donors (Lipinski definition) is 2. The van der Waals surface area contributed by atoms with E-state index >= 15 is 0 Å². The molecule has 2 N–H and O–H groups in total. The Morgan fingerprint density at radius 1 is 0.600 bits per heavy atom. The highest BCUT2D eigenvalue weighted by molar-refractivity contribution is 6.00. The maximum absolute atomic E-state index is 13.0. The van der Waals surface area contributed by atoms with E-state index in [2.05, 4.69) is 34.9 Å². The highest BCUT2D eigenvalue weighted by Crippen LogP contribution is 2.25. The van der Waals surface area contributed by atoms with Gasteiger partial charge in [-0.05, 0) is 62.8 Å². The predicted octanol–water partition coefficient (Wildman–Crippen LogP) is 6.03. The summed E-state index contributed by atoms with van der Waals surface area (Å²) in [6.45, 7) is 12.9. The molecule has 2 aromatic carbocycles. The Balaban J connectivity index is 0.000000270. The lowest BCUT2D eigenvalue weighted by atomic mass is 10.0. The summed E-state index contributed by atoms with van der Waals surface area (Å²) in [7, 11) is 3.36. The smallest absolute Gasteiger partial charge is 0.258 e.